The molecule has 0 aliphatic carbocycles. The van der Waals surface area contributed by atoms with Crippen LogP contribution in [0.5, 0.6) is 5.88 Å². The zero-order valence-corrected chi connectivity index (χ0v) is 15.2. The topological polar surface area (TPSA) is 71.7 Å². The number of nitrogens with zero attached hydrogens (tertiary/aromatic N) is 3. The summed E-state index contributed by atoms with van der Waals surface area (Å²) in [5.41, 5.74) is 6.45. The van der Waals surface area contributed by atoms with E-state index in [0.717, 1.165) is 5.82 Å². The van der Waals surface area contributed by atoms with Gasteiger partial charge in [0.25, 0.3) is 5.91 Å². The van der Waals surface area contributed by atoms with Crippen molar-refractivity contribution < 1.29 is 9.53 Å². The molecule has 0 atom stereocenters. The summed E-state index contributed by atoms with van der Waals surface area (Å²) in [5.74, 6) is 1.30. The molecular weight excluding hydrogens is 363 g/mol. The summed E-state index contributed by atoms with van der Waals surface area (Å²) in [6.07, 6.45) is 0. The number of anilines is 2. The molecule has 1 amide bonds. The summed E-state index contributed by atoms with van der Waals surface area (Å²) >= 11 is 12.1. The molecule has 25 heavy (non-hydrogen) atoms. The predicted octanol–water partition coefficient (Wildman–Crippen LogP) is 2.94. The number of hydrogen-bond donors (Lipinski definition) is 1. The molecule has 1 fully saturated rings. The maximum Gasteiger partial charge on any atom is 0.254 e. The van der Waals surface area contributed by atoms with Crippen molar-refractivity contribution in [1.29, 1.82) is 0 Å². The first-order valence-corrected chi connectivity index (χ1v) is 8.55. The van der Waals surface area contributed by atoms with Crippen LogP contribution in [-0.4, -0.2) is 49.1 Å². The van der Waals surface area contributed by atoms with Gasteiger partial charge in [0.1, 0.15) is 5.82 Å². The maximum atomic E-state index is 12.7. The summed E-state index contributed by atoms with van der Waals surface area (Å²) in [4.78, 5) is 21.0. The van der Waals surface area contributed by atoms with Crippen molar-refractivity contribution in [2.24, 2.45) is 0 Å². The summed E-state index contributed by atoms with van der Waals surface area (Å²) in [5, 5.41) is 0.574. The summed E-state index contributed by atoms with van der Waals surface area (Å²) in [6.45, 7) is 2.53. The van der Waals surface area contributed by atoms with Gasteiger partial charge in [-0.05, 0) is 18.2 Å². The molecule has 6 nitrogen and oxygen atoms in total. The molecule has 2 aromatic rings. The number of benzene rings is 1. The molecule has 3 rings (SSSR count). The van der Waals surface area contributed by atoms with Crippen LogP contribution in [0, 0.1) is 0 Å². The van der Waals surface area contributed by atoms with E-state index in [-0.39, 0.29) is 21.6 Å². The van der Waals surface area contributed by atoms with Crippen molar-refractivity contribution in [3.63, 3.8) is 0 Å². The number of aromatic nitrogens is 1. The van der Waals surface area contributed by atoms with E-state index >= 15 is 0 Å². The summed E-state index contributed by atoms with van der Waals surface area (Å²) in [7, 11) is 1.59. The van der Waals surface area contributed by atoms with Crippen molar-refractivity contribution in [1.82, 2.24) is 9.88 Å². The predicted molar refractivity (Wildman–Crippen MR) is 99.8 cm³/mol. The van der Waals surface area contributed by atoms with Gasteiger partial charge in [-0.25, -0.2) is 0 Å². The summed E-state index contributed by atoms with van der Waals surface area (Å²) in [6, 6.07) is 8.75. The number of hydrogen-bond acceptors (Lipinski definition) is 5. The largest absolute Gasteiger partial charge is 0.481 e. The maximum absolute atomic E-state index is 12.7. The number of amides is 1. The zero-order valence-electron chi connectivity index (χ0n) is 13.7. The van der Waals surface area contributed by atoms with Gasteiger partial charge in [0.2, 0.25) is 5.88 Å². The molecule has 0 saturated carbocycles. The Morgan fingerprint density at radius 2 is 1.80 bits per heavy atom. The molecule has 0 bridgehead atoms. The average molecular weight is 381 g/mol. The first-order valence-electron chi connectivity index (χ1n) is 7.79. The highest BCUT2D eigenvalue weighted by molar-refractivity contribution is 6.39. The number of pyridine rings is 1. The van der Waals surface area contributed by atoms with E-state index < -0.39 is 0 Å². The Hall–Kier alpha value is -2.18. The lowest BCUT2D eigenvalue weighted by atomic mass is 10.1. The second-order valence-electron chi connectivity index (χ2n) is 5.67. The normalized spacial score (nSPS) is 14.5. The minimum absolute atomic E-state index is 0.109. The third-order valence-electron chi connectivity index (χ3n) is 4.13. The SMILES string of the molecule is COc1cccc(N2CCN(C(=O)c3cc(Cl)c(N)c(Cl)c3)CC2)n1. The van der Waals surface area contributed by atoms with Gasteiger partial charge in [-0.15, -0.1) is 0 Å². The van der Waals surface area contributed by atoms with Crippen molar-refractivity contribution in [3.8, 4) is 5.88 Å². The Labute approximate surface area is 156 Å². The highest BCUT2D eigenvalue weighted by Gasteiger charge is 2.24. The van der Waals surface area contributed by atoms with Crippen molar-refractivity contribution in [3.05, 3.63) is 45.9 Å². The molecule has 1 aromatic carbocycles. The van der Waals surface area contributed by atoms with Gasteiger partial charge in [0, 0.05) is 37.8 Å². The minimum Gasteiger partial charge on any atom is -0.481 e. The second kappa shape index (κ2) is 7.37. The van der Waals surface area contributed by atoms with Gasteiger partial charge in [-0.3, -0.25) is 4.79 Å². The highest BCUT2D eigenvalue weighted by Crippen LogP contribution is 2.29. The van der Waals surface area contributed by atoms with Crippen molar-refractivity contribution >= 4 is 40.6 Å². The number of rotatable bonds is 3. The fraction of sp³-hybridized carbons (Fsp3) is 0.294. The molecule has 8 heteroatoms. The number of carbonyl (C=O) groups excluding carboxylic acids is 1. The van der Waals surface area contributed by atoms with Crippen molar-refractivity contribution in [2.45, 2.75) is 0 Å². The first-order chi connectivity index (χ1) is 12.0. The Morgan fingerprint density at radius 1 is 1.16 bits per heavy atom. The Kier molecular flexibility index (Phi) is 5.20. The van der Waals surface area contributed by atoms with E-state index in [1.165, 1.54) is 0 Å². The Morgan fingerprint density at radius 3 is 2.40 bits per heavy atom. The number of nitrogens with two attached hydrogens (primary N) is 1. The van der Waals surface area contributed by atoms with E-state index in [4.69, 9.17) is 33.7 Å². The average Bonchev–Trinajstić information content (AvgIpc) is 2.65. The van der Waals surface area contributed by atoms with Crippen LogP contribution in [0.2, 0.25) is 10.0 Å². The molecule has 1 aliphatic heterocycles. The molecule has 2 heterocycles. The molecule has 0 radical (unpaired) electrons. The van der Waals surface area contributed by atoms with Crippen LogP contribution in [0.25, 0.3) is 0 Å². The van der Waals surface area contributed by atoms with Crippen molar-refractivity contribution in [2.75, 3.05) is 43.9 Å². The number of nitrogen functional groups attached to an aromatic ring is 1. The molecule has 0 unspecified atom stereocenters. The van der Waals surface area contributed by atoms with Crippen LogP contribution in [0.1, 0.15) is 10.4 Å². The lowest BCUT2D eigenvalue weighted by Crippen LogP contribution is -2.49. The quantitative estimate of drug-likeness (QED) is 0.828. The van der Waals surface area contributed by atoms with E-state index in [1.54, 1.807) is 30.2 Å². The van der Waals surface area contributed by atoms with Crippen LogP contribution in [0.15, 0.2) is 30.3 Å². The third kappa shape index (κ3) is 3.75. The number of carbonyl (C=O) groups is 1. The third-order valence-corrected chi connectivity index (χ3v) is 4.76. The molecular formula is C17H18Cl2N4O2. The summed E-state index contributed by atoms with van der Waals surface area (Å²) < 4.78 is 5.16. The number of ether oxygens (including phenoxy) is 1. The molecule has 1 aromatic heterocycles. The lowest BCUT2D eigenvalue weighted by molar-refractivity contribution is 0.0746. The zero-order chi connectivity index (χ0) is 18.0. The molecule has 1 saturated heterocycles. The van der Waals surface area contributed by atoms with Crippen LogP contribution in [-0.2, 0) is 0 Å². The van der Waals surface area contributed by atoms with E-state index in [1.807, 2.05) is 12.1 Å². The lowest BCUT2D eigenvalue weighted by Gasteiger charge is -2.35. The second-order valence-corrected chi connectivity index (χ2v) is 6.49. The van der Waals surface area contributed by atoms with Gasteiger partial charge < -0.3 is 20.3 Å². The van der Waals surface area contributed by atoms with Gasteiger partial charge in [-0.2, -0.15) is 4.98 Å². The molecule has 132 valence electrons. The number of methoxy groups -OCH3 is 1. The van der Waals surface area contributed by atoms with E-state index in [0.29, 0.717) is 37.6 Å². The first kappa shape index (κ1) is 17.6. The smallest absolute Gasteiger partial charge is 0.254 e. The monoisotopic (exact) mass is 380 g/mol. The minimum atomic E-state index is -0.109. The standard InChI is InChI=1S/C17H18Cl2N4O2/c1-25-15-4-2-3-14(21-15)22-5-7-23(8-6-22)17(24)11-9-12(18)16(20)13(19)10-11/h2-4,9-10H,5-8,20H2,1H3. The molecule has 2 N–H and O–H groups in total. The van der Waals surface area contributed by atoms with Gasteiger partial charge in [-0.1, -0.05) is 29.3 Å². The fourth-order valence-corrected chi connectivity index (χ4v) is 3.21. The van der Waals surface area contributed by atoms with Crippen LogP contribution >= 0.6 is 23.2 Å². The van der Waals surface area contributed by atoms with Crippen LogP contribution in [0.3, 0.4) is 0 Å². The fourth-order valence-electron chi connectivity index (χ4n) is 2.72. The van der Waals surface area contributed by atoms with Gasteiger partial charge >= 0.3 is 0 Å². The Balaban J connectivity index is 1.68. The van der Waals surface area contributed by atoms with Crippen LogP contribution in [0.4, 0.5) is 11.5 Å². The van der Waals surface area contributed by atoms with Crippen LogP contribution < -0.4 is 15.4 Å². The number of piperazine rings is 1. The Bertz CT molecular complexity index is 769. The van der Waals surface area contributed by atoms with Gasteiger partial charge in [0.15, 0.2) is 0 Å². The van der Waals surface area contributed by atoms with E-state index in [9.17, 15) is 4.79 Å². The molecule has 1 aliphatic rings. The van der Waals surface area contributed by atoms with Gasteiger partial charge in [0.05, 0.1) is 22.8 Å². The highest BCUT2D eigenvalue weighted by atomic mass is 35.5. The molecule has 0 spiro atoms. The van der Waals surface area contributed by atoms with E-state index in [2.05, 4.69) is 9.88 Å². The number of halogens is 2.